The van der Waals surface area contributed by atoms with Crippen molar-refractivity contribution in [2.24, 2.45) is 0 Å². The third-order valence-corrected chi connectivity index (χ3v) is 4.43. The zero-order valence-corrected chi connectivity index (χ0v) is 15.4. The van der Waals surface area contributed by atoms with Crippen molar-refractivity contribution in [2.75, 3.05) is 5.32 Å². The van der Waals surface area contributed by atoms with E-state index in [1.54, 1.807) is 0 Å². The van der Waals surface area contributed by atoms with E-state index < -0.39 is 28.8 Å². The molecule has 1 unspecified atom stereocenters. The zero-order valence-electron chi connectivity index (χ0n) is 13.1. The first-order chi connectivity index (χ1) is 11.9. The van der Waals surface area contributed by atoms with Crippen molar-refractivity contribution in [3.63, 3.8) is 0 Å². The number of carbonyl (C=O) groups excluding carboxylic acids is 1. The lowest BCUT2D eigenvalue weighted by atomic mass is 10.0. The van der Waals surface area contributed by atoms with Gasteiger partial charge in [-0.1, -0.05) is 11.6 Å². The summed E-state index contributed by atoms with van der Waals surface area (Å²) < 4.78 is 40.4. The molecule has 2 aromatic rings. The first-order valence-corrected chi connectivity index (χ1v) is 8.15. The lowest BCUT2D eigenvalue weighted by Gasteiger charge is -2.22. The van der Waals surface area contributed by atoms with Crippen LogP contribution in [0.2, 0.25) is 5.02 Å². The van der Waals surface area contributed by atoms with E-state index in [0.717, 1.165) is 12.1 Å². The second kappa shape index (κ2) is 7.26. The molecule has 1 heterocycles. The first kappa shape index (κ1) is 20.2. The van der Waals surface area contributed by atoms with Crippen molar-refractivity contribution < 1.29 is 23.1 Å². The summed E-state index contributed by atoms with van der Waals surface area (Å²) in [5, 5.41) is 25.5. The minimum atomic E-state index is -4.76. The predicted octanol–water partition coefficient (Wildman–Crippen LogP) is 3.58. The predicted molar refractivity (Wildman–Crippen MR) is 90.3 cm³/mol. The van der Waals surface area contributed by atoms with Gasteiger partial charge in [-0.15, -0.1) is 0 Å². The fraction of sp³-hybridized carbons (Fsp3) is 0.267. The Labute approximate surface area is 159 Å². The van der Waals surface area contributed by atoms with E-state index in [9.17, 15) is 23.1 Å². The number of aliphatic hydroxyl groups is 1. The van der Waals surface area contributed by atoms with E-state index in [1.807, 2.05) is 0 Å². The fourth-order valence-corrected chi connectivity index (χ4v) is 2.52. The van der Waals surface area contributed by atoms with Gasteiger partial charge < -0.3 is 10.4 Å². The van der Waals surface area contributed by atoms with Crippen LogP contribution in [0.4, 0.5) is 18.9 Å². The number of nitrogens with one attached hydrogen (secondary N) is 1. The molecule has 0 radical (unpaired) electrons. The van der Waals surface area contributed by atoms with Crippen molar-refractivity contribution in [2.45, 2.75) is 25.2 Å². The van der Waals surface area contributed by atoms with E-state index in [2.05, 4.69) is 26.3 Å². The topological polar surface area (TPSA) is 90.9 Å². The number of hydrogen-bond acceptors (Lipinski definition) is 4. The minimum absolute atomic E-state index is 0.207. The molecule has 1 aromatic heterocycles. The van der Waals surface area contributed by atoms with Crippen molar-refractivity contribution in [1.29, 1.82) is 5.26 Å². The summed E-state index contributed by atoms with van der Waals surface area (Å²) in [7, 11) is 0. The Morgan fingerprint density at radius 2 is 2.15 bits per heavy atom. The summed E-state index contributed by atoms with van der Waals surface area (Å²) >= 11 is 8.89. The highest BCUT2D eigenvalue weighted by molar-refractivity contribution is 9.10. The van der Waals surface area contributed by atoms with E-state index in [0.29, 0.717) is 10.7 Å². The molecule has 0 aliphatic heterocycles. The summed E-state index contributed by atoms with van der Waals surface area (Å²) in [6.45, 7) is 0.896. The molecule has 0 saturated heterocycles. The Hall–Kier alpha value is -2.09. The molecule has 1 atom stereocenters. The molecule has 0 bridgehead atoms. The number of benzene rings is 1. The summed E-state index contributed by atoms with van der Waals surface area (Å²) in [5.41, 5.74) is -3.94. The average molecular weight is 452 g/mol. The van der Waals surface area contributed by atoms with Crippen LogP contribution in [-0.4, -0.2) is 26.4 Å². The molecule has 1 aromatic carbocycles. The maximum Gasteiger partial charge on any atom is 0.417 e. The van der Waals surface area contributed by atoms with E-state index in [1.165, 1.54) is 23.9 Å². The van der Waals surface area contributed by atoms with E-state index in [4.69, 9.17) is 16.9 Å². The van der Waals surface area contributed by atoms with Gasteiger partial charge in [-0.05, 0) is 41.1 Å². The molecular weight excluding hydrogens is 441 g/mol. The monoisotopic (exact) mass is 450 g/mol. The van der Waals surface area contributed by atoms with E-state index >= 15 is 0 Å². The molecule has 0 aliphatic rings. The standard InChI is InChI=1S/C15H11BrClF3N4O2/c1-14(26,7-24-6-11(17)12(16)23-24)13(25)22-9-3-2-8(5-21)10(4-9)15(18,19)20/h2-4,6,26H,7H2,1H3,(H,22,25). The summed E-state index contributed by atoms with van der Waals surface area (Å²) in [6.07, 6.45) is -3.39. The zero-order chi connectivity index (χ0) is 19.7. The van der Waals surface area contributed by atoms with Gasteiger partial charge in [-0.25, -0.2) is 0 Å². The second-order valence-electron chi connectivity index (χ2n) is 5.56. The summed E-state index contributed by atoms with van der Waals surface area (Å²) in [5.74, 6) is -0.946. The Balaban J connectivity index is 2.22. The SMILES string of the molecule is CC(O)(Cn1cc(Cl)c(Br)n1)C(=O)Nc1ccc(C#N)c(C(F)(F)F)c1. The highest BCUT2D eigenvalue weighted by Crippen LogP contribution is 2.33. The Bertz CT molecular complexity index is 870. The summed E-state index contributed by atoms with van der Waals surface area (Å²) in [6, 6.07) is 4.16. The van der Waals surface area contributed by atoms with Gasteiger partial charge in [0.1, 0.15) is 4.60 Å². The third kappa shape index (κ3) is 4.55. The largest absolute Gasteiger partial charge is 0.417 e. The molecule has 0 spiro atoms. The van der Waals surface area contributed by atoms with Gasteiger partial charge in [0, 0.05) is 11.9 Å². The van der Waals surface area contributed by atoms with Crippen molar-refractivity contribution in [1.82, 2.24) is 9.78 Å². The number of alkyl halides is 3. The molecule has 6 nitrogen and oxygen atoms in total. The number of rotatable bonds is 4. The molecule has 1 amide bonds. The lowest BCUT2D eigenvalue weighted by molar-refractivity contribution is -0.138. The van der Waals surface area contributed by atoms with Gasteiger partial charge in [0.15, 0.2) is 5.60 Å². The van der Waals surface area contributed by atoms with Crippen LogP contribution in [0.3, 0.4) is 0 Å². The molecular formula is C15H11BrClF3N4O2. The minimum Gasteiger partial charge on any atom is -0.378 e. The fourth-order valence-electron chi connectivity index (χ4n) is 2.06. The van der Waals surface area contributed by atoms with Crippen molar-refractivity contribution >= 4 is 39.1 Å². The Morgan fingerprint density at radius 3 is 2.65 bits per heavy atom. The highest BCUT2D eigenvalue weighted by atomic mass is 79.9. The van der Waals surface area contributed by atoms with Crippen LogP contribution in [0.1, 0.15) is 18.1 Å². The molecule has 11 heteroatoms. The van der Waals surface area contributed by atoms with Crippen LogP contribution in [0.15, 0.2) is 29.0 Å². The number of carbonyl (C=O) groups is 1. The maximum absolute atomic E-state index is 13.0. The van der Waals surface area contributed by atoms with Gasteiger partial charge in [0.2, 0.25) is 0 Å². The lowest BCUT2D eigenvalue weighted by Crippen LogP contribution is -2.43. The maximum atomic E-state index is 13.0. The van der Waals surface area contributed by atoms with Crippen LogP contribution in [0.25, 0.3) is 0 Å². The first-order valence-electron chi connectivity index (χ1n) is 6.97. The quantitative estimate of drug-likeness (QED) is 0.743. The molecule has 0 saturated carbocycles. The van der Waals surface area contributed by atoms with Crippen LogP contribution in [0, 0.1) is 11.3 Å². The molecule has 0 fully saturated rings. The van der Waals surface area contributed by atoms with Gasteiger partial charge >= 0.3 is 6.18 Å². The highest BCUT2D eigenvalue weighted by Gasteiger charge is 2.35. The molecule has 2 N–H and O–H groups in total. The number of amides is 1. The molecule has 138 valence electrons. The second-order valence-corrected chi connectivity index (χ2v) is 6.72. The Morgan fingerprint density at radius 1 is 1.50 bits per heavy atom. The Kier molecular flexibility index (Phi) is 5.65. The average Bonchev–Trinajstić information content (AvgIpc) is 2.83. The molecule has 0 aliphatic carbocycles. The van der Waals surface area contributed by atoms with Gasteiger partial charge in [0.25, 0.3) is 5.91 Å². The summed E-state index contributed by atoms with van der Waals surface area (Å²) in [4.78, 5) is 12.3. The normalized spacial score (nSPS) is 13.8. The number of nitriles is 1. The van der Waals surface area contributed by atoms with Gasteiger partial charge in [0.05, 0.1) is 28.8 Å². The van der Waals surface area contributed by atoms with Crippen LogP contribution in [-0.2, 0) is 17.5 Å². The third-order valence-electron chi connectivity index (χ3n) is 3.34. The molecule has 26 heavy (non-hydrogen) atoms. The van der Waals surface area contributed by atoms with Crippen molar-refractivity contribution in [3.8, 4) is 6.07 Å². The van der Waals surface area contributed by atoms with E-state index in [-0.39, 0.29) is 17.3 Å². The number of anilines is 1. The number of aromatic nitrogens is 2. The number of nitrogens with zero attached hydrogens (tertiary/aromatic N) is 3. The number of hydrogen-bond donors (Lipinski definition) is 2. The van der Waals surface area contributed by atoms with Crippen LogP contribution < -0.4 is 5.32 Å². The van der Waals surface area contributed by atoms with Gasteiger partial charge in [-0.2, -0.15) is 23.5 Å². The smallest absolute Gasteiger partial charge is 0.378 e. The number of halogens is 5. The van der Waals surface area contributed by atoms with Gasteiger partial charge in [-0.3, -0.25) is 9.48 Å². The van der Waals surface area contributed by atoms with Crippen LogP contribution >= 0.6 is 27.5 Å². The van der Waals surface area contributed by atoms with Crippen molar-refractivity contribution in [3.05, 3.63) is 45.1 Å². The molecule has 2 rings (SSSR count). The van der Waals surface area contributed by atoms with Crippen LogP contribution in [0.5, 0.6) is 0 Å².